The highest BCUT2D eigenvalue weighted by molar-refractivity contribution is 5.49. The van der Waals surface area contributed by atoms with E-state index < -0.39 is 0 Å². The van der Waals surface area contributed by atoms with Crippen LogP contribution in [0.25, 0.3) is 0 Å². The van der Waals surface area contributed by atoms with Crippen LogP contribution in [0.15, 0.2) is 24.3 Å². The highest BCUT2D eigenvalue weighted by Gasteiger charge is 2.12. The van der Waals surface area contributed by atoms with Gasteiger partial charge in [-0.2, -0.15) is 5.26 Å². The van der Waals surface area contributed by atoms with Crippen LogP contribution in [0, 0.1) is 11.3 Å². The second kappa shape index (κ2) is 4.84. The Balaban J connectivity index is 2.00. The van der Waals surface area contributed by atoms with Crippen molar-refractivity contribution >= 4 is 5.69 Å². The summed E-state index contributed by atoms with van der Waals surface area (Å²) in [6.45, 7) is 0. The molecule has 1 aliphatic carbocycles. The molecule has 1 aromatic rings. The van der Waals surface area contributed by atoms with Crippen LogP contribution in [-0.2, 0) is 0 Å². The van der Waals surface area contributed by atoms with Crippen molar-refractivity contribution in [1.29, 1.82) is 5.26 Å². The fourth-order valence-electron chi connectivity index (χ4n) is 2.16. The van der Waals surface area contributed by atoms with E-state index in [9.17, 15) is 0 Å². The zero-order chi connectivity index (χ0) is 10.5. The van der Waals surface area contributed by atoms with Crippen molar-refractivity contribution in [2.75, 3.05) is 5.32 Å². The van der Waals surface area contributed by atoms with Gasteiger partial charge in [0.1, 0.15) is 0 Å². The standard InChI is InChI=1S/C13H16N2/c14-10-11-5-4-8-13(9-11)15-12-6-2-1-3-7-12/h4-5,8-9,12,15H,1-3,6-7H2. The maximum absolute atomic E-state index is 8.79. The third-order valence-electron chi connectivity index (χ3n) is 2.97. The average molecular weight is 200 g/mol. The molecule has 1 N–H and O–H groups in total. The summed E-state index contributed by atoms with van der Waals surface area (Å²) in [5, 5.41) is 12.3. The van der Waals surface area contributed by atoms with E-state index in [1.54, 1.807) is 0 Å². The SMILES string of the molecule is N#Cc1cccc(NC2CCCCC2)c1. The number of nitriles is 1. The van der Waals surface area contributed by atoms with E-state index in [0.29, 0.717) is 6.04 Å². The van der Waals surface area contributed by atoms with Gasteiger partial charge in [-0.05, 0) is 31.0 Å². The molecule has 78 valence electrons. The molecular formula is C13H16N2. The monoisotopic (exact) mass is 200 g/mol. The van der Waals surface area contributed by atoms with Crippen molar-refractivity contribution in [1.82, 2.24) is 0 Å². The summed E-state index contributed by atoms with van der Waals surface area (Å²) in [5.41, 5.74) is 1.82. The van der Waals surface area contributed by atoms with Gasteiger partial charge < -0.3 is 5.32 Å². The highest BCUT2D eigenvalue weighted by Crippen LogP contribution is 2.21. The predicted molar refractivity (Wildman–Crippen MR) is 61.7 cm³/mol. The Morgan fingerprint density at radius 3 is 2.73 bits per heavy atom. The van der Waals surface area contributed by atoms with Gasteiger partial charge in [-0.1, -0.05) is 25.3 Å². The van der Waals surface area contributed by atoms with Gasteiger partial charge in [0.05, 0.1) is 11.6 Å². The number of hydrogen-bond donors (Lipinski definition) is 1. The highest BCUT2D eigenvalue weighted by atomic mass is 14.9. The third-order valence-corrected chi connectivity index (χ3v) is 2.97. The van der Waals surface area contributed by atoms with Gasteiger partial charge in [0.25, 0.3) is 0 Å². The van der Waals surface area contributed by atoms with Crippen LogP contribution in [0.3, 0.4) is 0 Å². The minimum absolute atomic E-state index is 0.604. The number of nitrogens with one attached hydrogen (secondary N) is 1. The van der Waals surface area contributed by atoms with E-state index >= 15 is 0 Å². The molecule has 0 saturated heterocycles. The smallest absolute Gasteiger partial charge is 0.0992 e. The van der Waals surface area contributed by atoms with Gasteiger partial charge in [0.2, 0.25) is 0 Å². The van der Waals surface area contributed by atoms with Crippen LogP contribution in [0.1, 0.15) is 37.7 Å². The van der Waals surface area contributed by atoms with Gasteiger partial charge in [-0.3, -0.25) is 0 Å². The Labute approximate surface area is 90.9 Å². The second-order valence-corrected chi connectivity index (χ2v) is 4.17. The number of anilines is 1. The second-order valence-electron chi connectivity index (χ2n) is 4.17. The Morgan fingerprint density at radius 2 is 2.00 bits per heavy atom. The lowest BCUT2D eigenvalue weighted by Gasteiger charge is -2.23. The normalized spacial score (nSPS) is 17.0. The minimum atomic E-state index is 0.604. The molecule has 0 heterocycles. The molecule has 0 aromatic heterocycles. The molecule has 0 bridgehead atoms. The number of rotatable bonds is 2. The maximum Gasteiger partial charge on any atom is 0.0992 e. The van der Waals surface area contributed by atoms with Crippen molar-refractivity contribution in [3.05, 3.63) is 29.8 Å². The van der Waals surface area contributed by atoms with Crippen LogP contribution in [0.2, 0.25) is 0 Å². The van der Waals surface area contributed by atoms with E-state index in [0.717, 1.165) is 11.3 Å². The summed E-state index contributed by atoms with van der Waals surface area (Å²) in [7, 11) is 0. The van der Waals surface area contributed by atoms with Gasteiger partial charge in [0, 0.05) is 11.7 Å². The van der Waals surface area contributed by atoms with Gasteiger partial charge in [-0.15, -0.1) is 0 Å². The Kier molecular flexibility index (Phi) is 3.24. The summed E-state index contributed by atoms with van der Waals surface area (Å²) >= 11 is 0. The van der Waals surface area contributed by atoms with Crippen LogP contribution in [-0.4, -0.2) is 6.04 Å². The van der Waals surface area contributed by atoms with Crippen LogP contribution in [0.5, 0.6) is 0 Å². The first-order chi connectivity index (χ1) is 7.38. The summed E-state index contributed by atoms with van der Waals surface area (Å²) in [6.07, 6.45) is 6.55. The fourth-order valence-corrected chi connectivity index (χ4v) is 2.16. The quantitative estimate of drug-likeness (QED) is 0.795. The average Bonchev–Trinajstić information content (AvgIpc) is 2.31. The predicted octanol–water partition coefficient (Wildman–Crippen LogP) is 3.30. The number of nitrogens with zero attached hydrogens (tertiary/aromatic N) is 1. The minimum Gasteiger partial charge on any atom is -0.382 e. The van der Waals surface area contributed by atoms with Crippen molar-refractivity contribution in [3.63, 3.8) is 0 Å². The lowest BCUT2D eigenvalue weighted by atomic mass is 9.95. The number of benzene rings is 1. The van der Waals surface area contributed by atoms with Crippen molar-refractivity contribution in [2.24, 2.45) is 0 Å². The summed E-state index contributed by atoms with van der Waals surface area (Å²) < 4.78 is 0. The summed E-state index contributed by atoms with van der Waals surface area (Å²) in [5.74, 6) is 0. The van der Waals surface area contributed by atoms with E-state index in [1.807, 2.05) is 24.3 Å². The van der Waals surface area contributed by atoms with Gasteiger partial charge >= 0.3 is 0 Å². The molecule has 0 radical (unpaired) electrons. The lowest BCUT2D eigenvalue weighted by molar-refractivity contribution is 0.463. The Bertz CT molecular complexity index is 359. The zero-order valence-electron chi connectivity index (χ0n) is 8.87. The van der Waals surface area contributed by atoms with Crippen LogP contribution < -0.4 is 5.32 Å². The molecule has 0 amide bonds. The van der Waals surface area contributed by atoms with E-state index in [1.165, 1.54) is 32.1 Å². The molecule has 1 aliphatic rings. The first-order valence-electron chi connectivity index (χ1n) is 5.65. The Morgan fingerprint density at radius 1 is 1.20 bits per heavy atom. The molecule has 0 unspecified atom stereocenters. The molecule has 2 rings (SSSR count). The first-order valence-corrected chi connectivity index (χ1v) is 5.65. The molecule has 1 aromatic carbocycles. The largest absolute Gasteiger partial charge is 0.382 e. The van der Waals surface area contributed by atoms with Gasteiger partial charge in [0.15, 0.2) is 0 Å². The topological polar surface area (TPSA) is 35.8 Å². The van der Waals surface area contributed by atoms with E-state index in [4.69, 9.17) is 5.26 Å². The molecule has 0 atom stereocenters. The van der Waals surface area contributed by atoms with Crippen molar-refractivity contribution in [2.45, 2.75) is 38.1 Å². The summed E-state index contributed by atoms with van der Waals surface area (Å²) in [4.78, 5) is 0. The fraction of sp³-hybridized carbons (Fsp3) is 0.462. The Hall–Kier alpha value is -1.49. The molecule has 1 saturated carbocycles. The molecule has 2 nitrogen and oxygen atoms in total. The molecule has 2 heteroatoms. The molecule has 15 heavy (non-hydrogen) atoms. The van der Waals surface area contributed by atoms with Crippen LogP contribution >= 0.6 is 0 Å². The first kappa shape index (κ1) is 10.0. The molecule has 0 spiro atoms. The third kappa shape index (κ3) is 2.73. The van der Waals surface area contributed by atoms with Crippen molar-refractivity contribution < 1.29 is 0 Å². The maximum atomic E-state index is 8.79. The van der Waals surface area contributed by atoms with E-state index in [2.05, 4.69) is 11.4 Å². The lowest BCUT2D eigenvalue weighted by Crippen LogP contribution is -2.22. The van der Waals surface area contributed by atoms with Crippen LogP contribution in [0.4, 0.5) is 5.69 Å². The molecule has 0 aliphatic heterocycles. The van der Waals surface area contributed by atoms with Gasteiger partial charge in [-0.25, -0.2) is 0 Å². The number of hydrogen-bond acceptors (Lipinski definition) is 2. The molecule has 1 fully saturated rings. The van der Waals surface area contributed by atoms with E-state index in [-0.39, 0.29) is 0 Å². The summed E-state index contributed by atoms with van der Waals surface area (Å²) in [6, 6.07) is 10.5. The zero-order valence-corrected chi connectivity index (χ0v) is 8.87. The van der Waals surface area contributed by atoms with Crippen molar-refractivity contribution in [3.8, 4) is 6.07 Å². The molecular weight excluding hydrogens is 184 g/mol.